The molecule has 11 heavy (non-hydrogen) atoms. The lowest BCUT2D eigenvalue weighted by atomic mass is 10.1. The molecule has 60 valence electrons. The normalized spacial score (nSPS) is 24.3. The average molecular weight is 151 g/mol. The molecule has 1 fully saturated rings. The lowest BCUT2D eigenvalue weighted by Gasteiger charge is -2.04. The quantitative estimate of drug-likeness (QED) is 0.644. The molecule has 1 aromatic rings. The molecule has 0 amide bonds. The molecule has 1 aliphatic rings. The van der Waals surface area contributed by atoms with Crippen molar-refractivity contribution >= 4 is 0 Å². The summed E-state index contributed by atoms with van der Waals surface area (Å²) in [5.74, 6) is 0. The van der Waals surface area contributed by atoms with E-state index in [2.05, 4.69) is 16.6 Å². The van der Waals surface area contributed by atoms with Crippen LogP contribution in [0.4, 0.5) is 0 Å². The highest BCUT2D eigenvalue weighted by Crippen LogP contribution is 2.21. The van der Waals surface area contributed by atoms with Crippen molar-refractivity contribution < 1.29 is 0 Å². The van der Waals surface area contributed by atoms with Crippen LogP contribution in [0, 0.1) is 0 Å². The molecule has 3 nitrogen and oxygen atoms in total. The highest BCUT2D eigenvalue weighted by Gasteiger charge is 2.16. The molecule has 2 rings (SSSR count). The Kier molecular flexibility index (Phi) is 1.66. The molecule has 1 aromatic heterocycles. The van der Waals surface area contributed by atoms with Gasteiger partial charge in [-0.1, -0.05) is 0 Å². The number of hydrogen-bond donors (Lipinski definition) is 1. The molecule has 0 aromatic carbocycles. The minimum Gasteiger partial charge on any atom is -0.310 e. The molecule has 0 unspecified atom stereocenters. The van der Waals surface area contributed by atoms with E-state index in [-0.39, 0.29) is 0 Å². The molecule has 1 saturated heterocycles. The second-order valence-corrected chi connectivity index (χ2v) is 3.10. The molecule has 0 saturated carbocycles. The summed E-state index contributed by atoms with van der Waals surface area (Å²) in [5.41, 5.74) is 1.32. The molecule has 0 aliphatic carbocycles. The summed E-state index contributed by atoms with van der Waals surface area (Å²) < 4.78 is 1.86. The first-order valence-corrected chi connectivity index (χ1v) is 4.08. The molecule has 2 heterocycles. The highest BCUT2D eigenvalue weighted by atomic mass is 15.2. The number of nitrogens with one attached hydrogen (secondary N) is 1. The van der Waals surface area contributed by atoms with E-state index in [9.17, 15) is 0 Å². The van der Waals surface area contributed by atoms with E-state index in [0.29, 0.717) is 6.04 Å². The van der Waals surface area contributed by atoms with Crippen LogP contribution in [0.25, 0.3) is 0 Å². The Morgan fingerprint density at radius 2 is 2.64 bits per heavy atom. The Morgan fingerprint density at radius 3 is 3.18 bits per heavy atom. The van der Waals surface area contributed by atoms with Gasteiger partial charge in [-0.2, -0.15) is 5.10 Å². The number of rotatable bonds is 1. The third kappa shape index (κ3) is 1.28. The van der Waals surface area contributed by atoms with Crippen molar-refractivity contribution in [3.8, 4) is 0 Å². The summed E-state index contributed by atoms with van der Waals surface area (Å²) in [7, 11) is 1.96. The molecule has 1 N–H and O–H groups in total. The van der Waals surface area contributed by atoms with Crippen LogP contribution in [0.3, 0.4) is 0 Å². The van der Waals surface area contributed by atoms with Gasteiger partial charge >= 0.3 is 0 Å². The van der Waals surface area contributed by atoms with Gasteiger partial charge in [-0.05, 0) is 19.4 Å². The highest BCUT2D eigenvalue weighted by molar-refractivity contribution is 5.11. The number of aryl methyl sites for hydroxylation is 1. The van der Waals surface area contributed by atoms with Crippen molar-refractivity contribution in [2.24, 2.45) is 7.05 Å². The summed E-state index contributed by atoms with van der Waals surface area (Å²) in [5, 5.41) is 7.57. The Morgan fingerprint density at radius 1 is 1.73 bits per heavy atom. The summed E-state index contributed by atoms with van der Waals surface area (Å²) in [4.78, 5) is 0. The van der Waals surface area contributed by atoms with Crippen molar-refractivity contribution in [1.29, 1.82) is 0 Å². The minimum absolute atomic E-state index is 0.559. The van der Waals surface area contributed by atoms with E-state index in [0.717, 1.165) is 6.54 Å². The lowest BCUT2D eigenvalue weighted by Crippen LogP contribution is -2.11. The first kappa shape index (κ1) is 6.85. The minimum atomic E-state index is 0.559. The Hall–Kier alpha value is -0.830. The molecule has 0 radical (unpaired) electrons. The van der Waals surface area contributed by atoms with Crippen LogP contribution in [0.5, 0.6) is 0 Å². The maximum Gasteiger partial charge on any atom is 0.0537 e. The van der Waals surface area contributed by atoms with E-state index in [1.54, 1.807) is 0 Å². The van der Waals surface area contributed by atoms with Gasteiger partial charge in [0.1, 0.15) is 0 Å². The monoisotopic (exact) mass is 151 g/mol. The molecular formula is C8H13N3. The fourth-order valence-corrected chi connectivity index (χ4v) is 1.59. The third-order valence-corrected chi connectivity index (χ3v) is 2.19. The van der Waals surface area contributed by atoms with Crippen LogP contribution in [-0.2, 0) is 7.05 Å². The molecule has 0 bridgehead atoms. The first-order chi connectivity index (χ1) is 5.36. The smallest absolute Gasteiger partial charge is 0.0537 e. The summed E-state index contributed by atoms with van der Waals surface area (Å²) in [6, 6.07) is 0.559. The third-order valence-electron chi connectivity index (χ3n) is 2.19. The van der Waals surface area contributed by atoms with E-state index in [4.69, 9.17) is 0 Å². The first-order valence-electron chi connectivity index (χ1n) is 4.08. The average Bonchev–Trinajstić information content (AvgIpc) is 2.55. The number of nitrogens with zero attached hydrogens (tertiary/aromatic N) is 2. The van der Waals surface area contributed by atoms with E-state index < -0.39 is 0 Å². The molecule has 1 aliphatic heterocycles. The summed E-state index contributed by atoms with van der Waals surface area (Å²) in [6.07, 6.45) is 6.58. The Bertz CT molecular complexity index is 235. The van der Waals surface area contributed by atoms with Crippen molar-refractivity contribution in [2.45, 2.75) is 18.9 Å². The van der Waals surface area contributed by atoms with Gasteiger partial charge < -0.3 is 5.32 Å². The van der Waals surface area contributed by atoms with Crippen LogP contribution in [0.2, 0.25) is 0 Å². The van der Waals surface area contributed by atoms with Gasteiger partial charge in [0.25, 0.3) is 0 Å². The second kappa shape index (κ2) is 2.66. The number of hydrogen-bond acceptors (Lipinski definition) is 2. The standard InChI is InChI=1S/C8H13N3/c1-11-6-7(5-10-11)8-3-2-4-9-8/h5-6,8-9H,2-4H2,1H3/t8-/m0/s1. The predicted molar refractivity (Wildman–Crippen MR) is 43.2 cm³/mol. The van der Waals surface area contributed by atoms with Gasteiger partial charge in [-0.25, -0.2) is 0 Å². The molecule has 3 heteroatoms. The van der Waals surface area contributed by atoms with Crippen LogP contribution in [0.15, 0.2) is 12.4 Å². The Balaban J connectivity index is 2.15. The SMILES string of the molecule is Cn1cc([C@@H]2CCCN2)cn1. The van der Waals surface area contributed by atoms with Crippen LogP contribution < -0.4 is 5.32 Å². The zero-order valence-corrected chi connectivity index (χ0v) is 6.75. The van der Waals surface area contributed by atoms with Crippen LogP contribution in [-0.4, -0.2) is 16.3 Å². The van der Waals surface area contributed by atoms with Crippen LogP contribution >= 0.6 is 0 Å². The van der Waals surface area contributed by atoms with Gasteiger partial charge in [-0.3, -0.25) is 4.68 Å². The van der Waals surface area contributed by atoms with Crippen molar-refractivity contribution in [3.05, 3.63) is 18.0 Å². The summed E-state index contributed by atoms with van der Waals surface area (Å²) in [6.45, 7) is 1.15. The van der Waals surface area contributed by atoms with Crippen molar-refractivity contribution in [3.63, 3.8) is 0 Å². The fraction of sp³-hybridized carbons (Fsp3) is 0.625. The lowest BCUT2D eigenvalue weighted by molar-refractivity contribution is 0.646. The number of aromatic nitrogens is 2. The van der Waals surface area contributed by atoms with Gasteiger partial charge in [0.2, 0.25) is 0 Å². The largest absolute Gasteiger partial charge is 0.310 e. The van der Waals surface area contributed by atoms with Gasteiger partial charge in [0.05, 0.1) is 6.20 Å². The Labute approximate surface area is 66.4 Å². The van der Waals surface area contributed by atoms with Crippen molar-refractivity contribution in [1.82, 2.24) is 15.1 Å². The predicted octanol–water partition coefficient (Wildman–Crippen LogP) is 0.845. The molecule has 0 spiro atoms. The summed E-state index contributed by atoms with van der Waals surface area (Å²) >= 11 is 0. The van der Waals surface area contributed by atoms with Crippen molar-refractivity contribution in [2.75, 3.05) is 6.54 Å². The maximum atomic E-state index is 4.14. The molecule has 1 atom stereocenters. The second-order valence-electron chi connectivity index (χ2n) is 3.10. The van der Waals surface area contributed by atoms with Crippen LogP contribution in [0.1, 0.15) is 24.4 Å². The molecular weight excluding hydrogens is 138 g/mol. The van der Waals surface area contributed by atoms with Gasteiger partial charge in [0, 0.05) is 24.8 Å². The van der Waals surface area contributed by atoms with E-state index in [1.165, 1.54) is 18.4 Å². The van der Waals surface area contributed by atoms with Gasteiger partial charge in [-0.15, -0.1) is 0 Å². The zero-order chi connectivity index (χ0) is 7.68. The van der Waals surface area contributed by atoms with Gasteiger partial charge in [0.15, 0.2) is 0 Å². The topological polar surface area (TPSA) is 29.9 Å². The maximum absolute atomic E-state index is 4.14. The van der Waals surface area contributed by atoms with E-state index >= 15 is 0 Å². The zero-order valence-electron chi connectivity index (χ0n) is 6.75. The fourth-order valence-electron chi connectivity index (χ4n) is 1.59. The van der Waals surface area contributed by atoms with E-state index in [1.807, 2.05) is 17.9 Å².